The van der Waals surface area contributed by atoms with Gasteiger partial charge in [-0.2, -0.15) is 0 Å². The predicted octanol–water partition coefficient (Wildman–Crippen LogP) is 2.20. The first kappa shape index (κ1) is 12.8. The highest BCUT2D eigenvalue weighted by Crippen LogP contribution is 2.21. The minimum atomic E-state index is 0.177. The molecule has 4 nitrogen and oxygen atoms in total. The maximum absolute atomic E-state index is 5.89. The van der Waals surface area contributed by atoms with E-state index in [2.05, 4.69) is 16.8 Å². The van der Waals surface area contributed by atoms with Crippen LogP contribution in [-0.2, 0) is 6.54 Å². The Hall–Kier alpha value is -1.65. The Morgan fingerprint density at radius 2 is 2.28 bits per heavy atom. The molecule has 0 bridgehead atoms. The van der Waals surface area contributed by atoms with Crippen molar-refractivity contribution in [2.24, 2.45) is 5.73 Å². The maximum atomic E-state index is 5.89. The van der Waals surface area contributed by atoms with Crippen LogP contribution in [0.3, 0.4) is 0 Å². The Balaban J connectivity index is 2.12. The van der Waals surface area contributed by atoms with Crippen molar-refractivity contribution in [2.75, 3.05) is 13.1 Å². The summed E-state index contributed by atoms with van der Waals surface area (Å²) < 4.78 is 5.14. The Morgan fingerprint density at radius 1 is 1.39 bits per heavy atom. The molecular formula is C14H19N3O. The van der Waals surface area contributed by atoms with Gasteiger partial charge in [0, 0.05) is 24.8 Å². The second-order valence-corrected chi connectivity index (χ2v) is 4.19. The number of aromatic nitrogens is 1. The van der Waals surface area contributed by atoms with Crippen LogP contribution in [0.5, 0.6) is 0 Å². The van der Waals surface area contributed by atoms with E-state index < -0.39 is 0 Å². The molecule has 0 aromatic carbocycles. The number of likely N-dealkylation sites (N-methyl/N-ethyl adjacent to an activating group) is 1. The molecule has 18 heavy (non-hydrogen) atoms. The summed E-state index contributed by atoms with van der Waals surface area (Å²) in [6, 6.07) is 8.11. The van der Waals surface area contributed by atoms with E-state index in [-0.39, 0.29) is 6.04 Å². The lowest BCUT2D eigenvalue weighted by atomic mass is 10.1. The second kappa shape index (κ2) is 6.33. The minimum absolute atomic E-state index is 0.177. The van der Waals surface area contributed by atoms with Gasteiger partial charge in [0.15, 0.2) is 0 Å². The Bertz CT molecular complexity index is 441. The van der Waals surface area contributed by atoms with Crippen LogP contribution in [-0.4, -0.2) is 23.0 Å². The van der Waals surface area contributed by atoms with Gasteiger partial charge in [0.25, 0.3) is 0 Å². The quantitative estimate of drug-likeness (QED) is 0.847. The standard InChI is InChI=1S/C14H19N3O/c1-2-17(10-13-5-3-4-7-16-13)14(9-15)12-6-8-18-11-12/h3-8,11,14H,2,9-10,15H2,1H3. The van der Waals surface area contributed by atoms with Crippen LogP contribution >= 0.6 is 0 Å². The summed E-state index contributed by atoms with van der Waals surface area (Å²) in [6.45, 7) is 4.42. The largest absolute Gasteiger partial charge is 0.472 e. The van der Waals surface area contributed by atoms with Crippen LogP contribution in [0.4, 0.5) is 0 Å². The van der Waals surface area contributed by atoms with Crippen LogP contribution in [0.25, 0.3) is 0 Å². The molecule has 96 valence electrons. The van der Waals surface area contributed by atoms with Crippen LogP contribution in [0.15, 0.2) is 47.4 Å². The molecule has 2 aromatic heterocycles. The van der Waals surface area contributed by atoms with Crippen molar-refractivity contribution in [3.8, 4) is 0 Å². The van der Waals surface area contributed by atoms with Crippen molar-refractivity contribution < 1.29 is 4.42 Å². The van der Waals surface area contributed by atoms with Crippen molar-refractivity contribution in [3.05, 3.63) is 54.2 Å². The van der Waals surface area contributed by atoms with Crippen LogP contribution in [0.1, 0.15) is 24.2 Å². The van der Waals surface area contributed by atoms with Gasteiger partial charge in [-0.3, -0.25) is 9.88 Å². The summed E-state index contributed by atoms with van der Waals surface area (Å²) in [5.74, 6) is 0. The van der Waals surface area contributed by atoms with Gasteiger partial charge < -0.3 is 10.2 Å². The van der Waals surface area contributed by atoms with Gasteiger partial charge in [-0.05, 0) is 24.7 Å². The van der Waals surface area contributed by atoms with Gasteiger partial charge in [0.2, 0.25) is 0 Å². The van der Waals surface area contributed by atoms with Gasteiger partial charge in [-0.15, -0.1) is 0 Å². The van der Waals surface area contributed by atoms with Crippen LogP contribution < -0.4 is 5.73 Å². The fourth-order valence-electron chi connectivity index (χ4n) is 2.10. The van der Waals surface area contributed by atoms with Gasteiger partial charge in [-0.25, -0.2) is 0 Å². The van der Waals surface area contributed by atoms with E-state index in [0.717, 1.165) is 24.3 Å². The topological polar surface area (TPSA) is 55.3 Å². The third-order valence-electron chi connectivity index (χ3n) is 3.09. The lowest BCUT2D eigenvalue weighted by Crippen LogP contribution is -2.33. The third-order valence-corrected chi connectivity index (χ3v) is 3.09. The summed E-state index contributed by atoms with van der Waals surface area (Å²) in [7, 11) is 0. The zero-order chi connectivity index (χ0) is 12.8. The monoisotopic (exact) mass is 245 g/mol. The van der Waals surface area contributed by atoms with Crippen molar-refractivity contribution >= 4 is 0 Å². The van der Waals surface area contributed by atoms with E-state index in [9.17, 15) is 0 Å². The number of hydrogen-bond acceptors (Lipinski definition) is 4. The maximum Gasteiger partial charge on any atom is 0.0950 e. The lowest BCUT2D eigenvalue weighted by Gasteiger charge is -2.28. The molecule has 1 atom stereocenters. The SMILES string of the molecule is CCN(Cc1ccccn1)C(CN)c1ccoc1. The van der Waals surface area contributed by atoms with Gasteiger partial charge in [-0.1, -0.05) is 13.0 Å². The molecule has 0 aliphatic carbocycles. The molecule has 0 saturated carbocycles. The van der Waals surface area contributed by atoms with Crippen molar-refractivity contribution in [1.82, 2.24) is 9.88 Å². The highest BCUT2D eigenvalue weighted by Gasteiger charge is 2.19. The normalized spacial score (nSPS) is 12.8. The number of hydrogen-bond donors (Lipinski definition) is 1. The van der Waals surface area contributed by atoms with Crippen molar-refractivity contribution in [2.45, 2.75) is 19.5 Å². The molecule has 4 heteroatoms. The highest BCUT2D eigenvalue weighted by atomic mass is 16.3. The average Bonchev–Trinajstić information content (AvgIpc) is 2.93. The highest BCUT2D eigenvalue weighted by molar-refractivity contribution is 5.13. The Morgan fingerprint density at radius 3 is 2.83 bits per heavy atom. The summed E-state index contributed by atoms with van der Waals surface area (Å²) >= 11 is 0. The zero-order valence-electron chi connectivity index (χ0n) is 10.6. The van der Waals surface area contributed by atoms with Crippen LogP contribution in [0.2, 0.25) is 0 Å². The van der Waals surface area contributed by atoms with Crippen LogP contribution in [0, 0.1) is 0 Å². The average molecular weight is 245 g/mol. The molecule has 2 heterocycles. The van der Waals surface area contributed by atoms with E-state index in [1.807, 2.05) is 30.5 Å². The fraction of sp³-hybridized carbons (Fsp3) is 0.357. The first-order valence-corrected chi connectivity index (χ1v) is 6.21. The van der Waals surface area contributed by atoms with Crippen molar-refractivity contribution in [1.29, 1.82) is 0 Å². The summed E-state index contributed by atoms with van der Waals surface area (Å²) in [5.41, 5.74) is 8.07. The number of nitrogens with two attached hydrogens (primary N) is 1. The van der Waals surface area contributed by atoms with Crippen molar-refractivity contribution in [3.63, 3.8) is 0 Å². The molecule has 1 unspecified atom stereocenters. The number of pyridine rings is 1. The Labute approximate surface area is 107 Å². The lowest BCUT2D eigenvalue weighted by molar-refractivity contribution is 0.200. The second-order valence-electron chi connectivity index (χ2n) is 4.19. The first-order chi connectivity index (χ1) is 8.85. The smallest absolute Gasteiger partial charge is 0.0950 e. The van der Waals surface area contributed by atoms with Gasteiger partial charge in [0.1, 0.15) is 0 Å². The molecular weight excluding hydrogens is 226 g/mol. The van der Waals surface area contributed by atoms with E-state index in [1.54, 1.807) is 12.5 Å². The van der Waals surface area contributed by atoms with Gasteiger partial charge >= 0.3 is 0 Å². The molecule has 2 rings (SSSR count). The Kier molecular flexibility index (Phi) is 4.50. The van der Waals surface area contributed by atoms with E-state index in [4.69, 9.17) is 10.2 Å². The number of rotatable bonds is 6. The number of furan rings is 1. The van der Waals surface area contributed by atoms with E-state index in [0.29, 0.717) is 6.54 Å². The molecule has 0 radical (unpaired) electrons. The van der Waals surface area contributed by atoms with E-state index in [1.165, 1.54) is 0 Å². The zero-order valence-corrected chi connectivity index (χ0v) is 10.6. The summed E-state index contributed by atoms with van der Waals surface area (Å²) in [5, 5.41) is 0. The molecule has 0 fully saturated rings. The minimum Gasteiger partial charge on any atom is -0.472 e. The molecule has 0 saturated heterocycles. The first-order valence-electron chi connectivity index (χ1n) is 6.21. The molecule has 0 aliphatic rings. The fourth-order valence-corrected chi connectivity index (χ4v) is 2.10. The molecule has 0 amide bonds. The predicted molar refractivity (Wildman–Crippen MR) is 70.8 cm³/mol. The summed E-state index contributed by atoms with van der Waals surface area (Å²) in [4.78, 5) is 6.66. The van der Waals surface area contributed by atoms with E-state index >= 15 is 0 Å². The third kappa shape index (κ3) is 2.97. The molecule has 2 aromatic rings. The number of nitrogens with zero attached hydrogens (tertiary/aromatic N) is 2. The summed E-state index contributed by atoms with van der Waals surface area (Å²) in [6.07, 6.45) is 5.27. The molecule has 0 aliphatic heterocycles. The molecule has 0 spiro atoms. The molecule has 2 N–H and O–H groups in total. The van der Waals surface area contributed by atoms with Gasteiger partial charge in [0.05, 0.1) is 24.3 Å².